The molecule has 1 atom stereocenters. The van der Waals surface area contributed by atoms with Crippen LogP contribution in [-0.2, 0) is 19.4 Å². The van der Waals surface area contributed by atoms with Crippen molar-refractivity contribution in [2.45, 2.75) is 38.3 Å². The van der Waals surface area contributed by atoms with Gasteiger partial charge in [-0.15, -0.1) is 11.3 Å². The lowest BCUT2D eigenvalue weighted by molar-refractivity contribution is 0.124. The molecular weight excluding hydrogens is 306 g/mol. The summed E-state index contributed by atoms with van der Waals surface area (Å²) < 4.78 is 0. The molecule has 120 valence electrons. The maximum atomic E-state index is 10.4. The lowest BCUT2D eigenvalue weighted by atomic mass is 10.0. The van der Waals surface area contributed by atoms with Gasteiger partial charge in [-0.25, -0.2) is 4.98 Å². The zero-order valence-electron chi connectivity index (χ0n) is 13.3. The van der Waals surface area contributed by atoms with Gasteiger partial charge in [-0.05, 0) is 50.4 Å². The van der Waals surface area contributed by atoms with E-state index in [0.29, 0.717) is 12.1 Å². The van der Waals surface area contributed by atoms with Crippen LogP contribution in [0.25, 0.3) is 0 Å². The molecule has 1 N–H and O–H groups in total. The van der Waals surface area contributed by atoms with E-state index in [9.17, 15) is 5.11 Å². The first-order chi connectivity index (χ1) is 11.2. The average molecular weight is 327 g/mol. The molecule has 0 fully saturated rings. The second-order valence-electron chi connectivity index (χ2n) is 6.13. The third-order valence-electron chi connectivity index (χ3n) is 4.20. The van der Waals surface area contributed by atoms with Gasteiger partial charge < -0.3 is 5.11 Å². The van der Waals surface area contributed by atoms with Crippen LogP contribution in [0, 0.1) is 11.3 Å². The summed E-state index contributed by atoms with van der Waals surface area (Å²) in [5, 5.41) is 20.3. The Morgan fingerprint density at radius 1 is 1.30 bits per heavy atom. The Kier molecular flexibility index (Phi) is 5.06. The van der Waals surface area contributed by atoms with Crippen molar-refractivity contribution in [2.75, 3.05) is 13.6 Å². The minimum absolute atomic E-state index is 0.552. The van der Waals surface area contributed by atoms with Crippen LogP contribution in [-0.4, -0.2) is 28.6 Å². The van der Waals surface area contributed by atoms with Crippen molar-refractivity contribution in [2.24, 2.45) is 0 Å². The zero-order chi connectivity index (χ0) is 16.2. The standard InChI is InChI=1S/C18H21N3OS/c1-21(11-16(22)14-8-6-13(10-19)7-9-14)12-18-20-15-4-2-3-5-17(15)23-18/h6-9,16,22H,2-5,11-12H2,1H3/t16-/m0/s1. The minimum Gasteiger partial charge on any atom is -0.387 e. The average Bonchev–Trinajstić information content (AvgIpc) is 2.96. The van der Waals surface area contributed by atoms with Gasteiger partial charge in [0.2, 0.25) is 0 Å². The zero-order valence-corrected chi connectivity index (χ0v) is 14.1. The highest BCUT2D eigenvalue weighted by Gasteiger charge is 2.17. The molecule has 1 aromatic heterocycles. The van der Waals surface area contributed by atoms with Crippen molar-refractivity contribution in [3.05, 3.63) is 51.0 Å². The number of nitriles is 1. The summed E-state index contributed by atoms with van der Waals surface area (Å²) in [7, 11) is 2.01. The SMILES string of the molecule is CN(Cc1nc2c(s1)CCCC2)C[C@H](O)c1ccc(C#N)cc1. The predicted molar refractivity (Wildman–Crippen MR) is 91.2 cm³/mol. The number of thiazole rings is 1. The van der Waals surface area contributed by atoms with Gasteiger partial charge in [0.05, 0.1) is 30.0 Å². The van der Waals surface area contributed by atoms with E-state index in [1.807, 2.05) is 30.5 Å². The molecule has 3 rings (SSSR count). The highest BCUT2D eigenvalue weighted by atomic mass is 32.1. The normalized spacial score (nSPS) is 15.2. The number of likely N-dealkylation sites (N-methyl/N-ethyl adjacent to an activating group) is 1. The first-order valence-electron chi connectivity index (χ1n) is 8.00. The van der Waals surface area contributed by atoms with Gasteiger partial charge in [0.1, 0.15) is 5.01 Å². The Morgan fingerprint density at radius 3 is 2.74 bits per heavy atom. The summed E-state index contributed by atoms with van der Waals surface area (Å²) in [6.45, 7) is 1.32. The fourth-order valence-electron chi connectivity index (χ4n) is 2.95. The van der Waals surface area contributed by atoms with Crippen LogP contribution in [0.3, 0.4) is 0 Å². The predicted octanol–water partition coefficient (Wildman–Crippen LogP) is 3.06. The molecule has 0 saturated heterocycles. The molecule has 0 amide bonds. The monoisotopic (exact) mass is 327 g/mol. The van der Waals surface area contributed by atoms with Gasteiger partial charge >= 0.3 is 0 Å². The number of nitrogens with zero attached hydrogens (tertiary/aromatic N) is 3. The Hall–Kier alpha value is -1.74. The summed E-state index contributed by atoms with van der Waals surface area (Å²) in [6, 6.07) is 9.22. The number of aryl methyl sites for hydroxylation is 2. The summed E-state index contributed by atoms with van der Waals surface area (Å²) in [5.41, 5.74) is 2.74. The Balaban J connectivity index is 1.58. The molecule has 0 spiro atoms. The summed E-state index contributed by atoms with van der Waals surface area (Å²) in [6.07, 6.45) is 4.27. The van der Waals surface area contributed by atoms with E-state index in [1.165, 1.54) is 29.8 Å². The fourth-order valence-corrected chi connectivity index (χ4v) is 4.19. The van der Waals surface area contributed by atoms with Crippen LogP contribution in [0.5, 0.6) is 0 Å². The molecule has 0 radical (unpaired) electrons. The van der Waals surface area contributed by atoms with Gasteiger partial charge in [0.15, 0.2) is 0 Å². The molecule has 0 aliphatic heterocycles. The van der Waals surface area contributed by atoms with Crippen LogP contribution in [0.4, 0.5) is 0 Å². The number of aliphatic hydroxyl groups is 1. The Labute approximate surface area is 141 Å². The first kappa shape index (κ1) is 16.1. The molecule has 1 aliphatic rings. The fraction of sp³-hybridized carbons (Fsp3) is 0.444. The molecule has 1 aromatic carbocycles. The first-order valence-corrected chi connectivity index (χ1v) is 8.81. The highest BCUT2D eigenvalue weighted by Crippen LogP contribution is 2.27. The van der Waals surface area contributed by atoms with Crippen LogP contribution in [0.2, 0.25) is 0 Å². The molecular formula is C18H21N3OS. The summed E-state index contributed by atoms with van der Waals surface area (Å²) in [4.78, 5) is 8.31. The van der Waals surface area contributed by atoms with E-state index >= 15 is 0 Å². The number of fused-ring (bicyclic) bond motifs is 1. The number of benzene rings is 1. The van der Waals surface area contributed by atoms with Gasteiger partial charge in [-0.1, -0.05) is 12.1 Å². The van der Waals surface area contributed by atoms with Crippen molar-refractivity contribution in [3.63, 3.8) is 0 Å². The molecule has 2 aromatic rings. The maximum absolute atomic E-state index is 10.4. The van der Waals surface area contributed by atoms with E-state index in [0.717, 1.165) is 23.5 Å². The van der Waals surface area contributed by atoms with E-state index in [2.05, 4.69) is 11.0 Å². The number of aliphatic hydroxyl groups excluding tert-OH is 1. The molecule has 23 heavy (non-hydrogen) atoms. The molecule has 0 bridgehead atoms. The van der Waals surface area contributed by atoms with E-state index in [1.54, 1.807) is 12.1 Å². The minimum atomic E-state index is -0.553. The molecule has 0 saturated carbocycles. The van der Waals surface area contributed by atoms with Crippen molar-refractivity contribution in [3.8, 4) is 6.07 Å². The van der Waals surface area contributed by atoms with Crippen LogP contribution < -0.4 is 0 Å². The summed E-state index contributed by atoms with van der Waals surface area (Å²) >= 11 is 1.82. The molecule has 5 heteroatoms. The van der Waals surface area contributed by atoms with Gasteiger partial charge in [-0.3, -0.25) is 4.90 Å². The molecule has 0 unspecified atom stereocenters. The van der Waals surface area contributed by atoms with Crippen molar-refractivity contribution >= 4 is 11.3 Å². The number of aromatic nitrogens is 1. The van der Waals surface area contributed by atoms with Crippen molar-refractivity contribution in [1.29, 1.82) is 5.26 Å². The maximum Gasteiger partial charge on any atom is 0.107 e. The van der Waals surface area contributed by atoms with E-state index < -0.39 is 6.10 Å². The summed E-state index contributed by atoms with van der Waals surface area (Å²) in [5.74, 6) is 0. The Morgan fingerprint density at radius 2 is 2.04 bits per heavy atom. The molecule has 1 aliphatic carbocycles. The smallest absolute Gasteiger partial charge is 0.107 e. The lowest BCUT2D eigenvalue weighted by Crippen LogP contribution is -2.24. The van der Waals surface area contributed by atoms with Crippen LogP contribution in [0.15, 0.2) is 24.3 Å². The third kappa shape index (κ3) is 3.97. The number of hydrogen-bond donors (Lipinski definition) is 1. The van der Waals surface area contributed by atoms with Gasteiger partial charge in [0, 0.05) is 11.4 Å². The third-order valence-corrected chi connectivity index (χ3v) is 5.35. The van der Waals surface area contributed by atoms with Crippen LogP contribution >= 0.6 is 11.3 Å². The van der Waals surface area contributed by atoms with Gasteiger partial charge in [0.25, 0.3) is 0 Å². The number of rotatable bonds is 5. The highest BCUT2D eigenvalue weighted by molar-refractivity contribution is 7.11. The quantitative estimate of drug-likeness (QED) is 0.917. The molecule has 1 heterocycles. The van der Waals surface area contributed by atoms with Gasteiger partial charge in [-0.2, -0.15) is 5.26 Å². The lowest BCUT2D eigenvalue weighted by Gasteiger charge is -2.19. The van der Waals surface area contributed by atoms with E-state index in [-0.39, 0.29) is 0 Å². The Bertz CT molecular complexity index is 679. The van der Waals surface area contributed by atoms with Crippen molar-refractivity contribution < 1.29 is 5.11 Å². The van der Waals surface area contributed by atoms with Crippen molar-refractivity contribution in [1.82, 2.24) is 9.88 Å². The second kappa shape index (κ2) is 7.22. The largest absolute Gasteiger partial charge is 0.387 e. The second-order valence-corrected chi connectivity index (χ2v) is 7.30. The number of hydrogen-bond acceptors (Lipinski definition) is 5. The van der Waals surface area contributed by atoms with E-state index in [4.69, 9.17) is 10.2 Å². The van der Waals surface area contributed by atoms with Crippen LogP contribution in [0.1, 0.15) is 45.7 Å². The topological polar surface area (TPSA) is 60.1 Å². The molecule has 4 nitrogen and oxygen atoms in total.